The van der Waals surface area contributed by atoms with Crippen LogP contribution in [0, 0.1) is 12.3 Å². The SMILES string of the molecule is Cc1nc(N2CCC3(CC2)CC(F)(F)C[C@H]3N)n2ccnc2c1Sc1cccnc1C(F)(F)F. The molecule has 1 saturated heterocycles. The summed E-state index contributed by atoms with van der Waals surface area (Å²) in [5.41, 5.74) is 5.59. The van der Waals surface area contributed by atoms with Gasteiger partial charge in [-0.3, -0.25) is 9.38 Å². The number of aromatic nitrogens is 4. The molecule has 3 aromatic heterocycles. The number of pyridine rings is 1. The molecular formula is C22H23F5N6S. The molecule has 3 aromatic rings. The molecule has 0 bridgehead atoms. The Hall–Kier alpha value is -2.47. The molecule has 0 amide bonds. The van der Waals surface area contributed by atoms with Gasteiger partial charge in [0.25, 0.3) is 0 Å². The second kappa shape index (κ2) is 8.04. The van der Waals surface area contributed by atoms with Gasteiger partial charge in [-0.2, -0.15) is 13.2 Å². The lowest BCUT2D eigenvalue weighted by atomic mass is 9.74. The van der Waals surface area contributed by atoms with Crippen LogP contribution in [0.15, 0.2) is 40.5 Å². The van der Waals surface area contributed by atoms with E-state index in [0.29, 0.717) is 48.1 Å². The number of nitrogens with two attached hydrogens (primary N) is 1. The number of rotatable bonds is 3. The third-order valence-corrected chi connectivity index (χ3v) is 8.10. The molecule has 1 saturated carbocycles. The van der Waals surface area contributed by atoms with Gasteiger partial charge in [0.1, 0.15) is 0 Å². The second-order valence-corrected chi connectivity index (χ2v) is 10.1. The van der Waals surface area contributed by atoms with Crippen molar-refractivity contribution in [3.8, 4) is 0 Å². The van der Waals surface area contributed by atoms with E-state index in [-0.39, 0.29) is 17.7 Å². The monoisotopic (exact) mass is 498 g/mol. The van der Waals surface area contributed by atoms with Crippen molar-refractivity contribution in [3.05, 3.63) is 42.1 Å². The average molecular weight is 499 g/mol. The zero-order valence-electron chi connectivity index (χ0n) is 18.3. The molecule has 2 N–H and O–H groups in total. The number of hydrogen-bond donors (Lipinski definition) is 1. The van der Waals surface area contributed by atoms with Crippen LogP contribution in [0.4, 0.5) is 27.9 Å². The second-order valence-electron chi connectivity index (χ2n) is 9.09. The van der Waals surface area contributed by atoms with Crippen molar-refractivity contribution in [1.82, 2.24) is 19.4 Å². The predicted octanol–water partition coefficient (Wildman–Crippen LogP) is 4.95. The number of alkyl halides is 5. The largest absolute Gasteiger partial charge is 0.434 e. The summed E-state index contributed by atoms with van der Waals surface area (Å²) in [7, 11) is 0. The van der Waals surface area contributed by atoms with Crippen molar-refractivity contribution in [2.45, 2.75) is 60.5 Å². The highest BCUT2D eigenvalue weighted by Crippen LogP contribution is 2.52. The number of nitrogens with zero attached hydrogens (tertiary/aromatic N) is 5. The molecule has 0 radical (unpaired) electrons. The molecule has 2 fully saturated rings. The Kier molecular flexibility index (Phi) is 5.51. The van der Waals surface area contributed by atoms with Crippen LogP contribution >= 0.6 is 11.8 Å². The van der Waals surface area contributed by atoms with Gasteiger partial charge in [0.2, 0.25) is 11.9 Å². The van der Waals surface area contributed by atoms with Crippen LogP contribution in [-0.4, -0.2) is 44.4 Å². The Morgan fingerprint density at radius 1 is 1.15 bits per heavy atom. The van der Waals surface area contributed by atoms with Crippen molar-refractivity contribution in [1.29, 1.82) is 0 Å². The first kappa shape index (κ1) is 23.3. The maximum Gasteiger partial charge on any atom is 0.434 e. The highest BCUT2D eigenvalue weighted by molar-refractivity contribution is 7.99. The van der Waals surface area contributed by atoms with Crippen LogP contribution in [0.3, 0.4) is 0 Å². The number of fused-ring (bicyclic) bond motifs is 1. The minimum Gasteiger partial charge on any atom is -0.342 e. The Morgan fingerprint density at radius 2 is 1.88 bits per heavy atom. The van der Waals surface area contributed by atoms with Crippen LogP contribution < -0.4 is 10.6 Å². The maximum atomic E-state index is 14.0. The lowest BCUT2D eigenvalue weighted by Crippen LogP contribution is -2.47. The van der Waals surface area contributed by atoms with Gasteiger partial charge in [-0.25, -0.2) is 18.7 Å². The maximum absolute atomic E-state index is 14.0. The number of hydrogen-bond acceptors (Lipinski definition) is 6. The molecule has 0 aromatic carbocycles. The lowest BCUT2D eigenvalue weighted by molar-refractivity contribution is -0.143. The van der Waals surface area contributed by atoms with Crippen LogP contribution in [0.5, 0.6) is 0 Å². The summed E-state index contributed by atoms with van der Waals surface area (Å²) in [5, 5.41) is 0. The highest BCUT2D eigenvalue weighted by Gasteiger charge is 2.55. The standard InChI is InChI=1S/C22H23F5N6S/c1-13-16(34-14-3-2-6-29-17(14)22(25,26)27)18-30-7-10-33(18)19(31-13)32-8-4-20(5-9-32)12-21(23,24)11-15(20)28/h2-3,6-7,10,15H,4-5,8-9,11-12,28H2,1H3/t15-/m1/s1. The van der Waals surface area contributed by atoms with Gasteiger partial charge in [-0.05, 0) is 37.3 Å². The van der Waals surface area contributed by atoms with Gasteiger partial charge in [-0.1, -0.05) is 11.8 Å². The van der Waals surface area contributed by atoms with Gasteiger partial charge in [0.05, 0.1) is 10.6 Å². The number of aryl methyl sites for hydroxylation is 1. The van der Waals surface area contributed by atoms with E-state index in [1.807, 2.05) is 4.90 Å². The predicted molar refractivity (Wildman–Crippen MR) is 117 cm³/mol. The fourth-order valence-corrected chi connectivity index (χ4v) is 6.21. The molecule has 5 rings (SSSR count). The van der Waals surface area contributed by atoms with E-state index >= 15 is 0 Å². The van der Waals surface area contributed by atoms with Crippen LogP contribution in [0.1, 0.15) is 37.1 Å². The van der Waals surface area contributed by atoms with E-state index in [4.69, 9.17) is 10.7 Å². The van der Waals surface area contributed by atoms with Crippen molar-refractivity contribution in [2.24, 2.45) is 11.1 Å². The first-order chi connectivity index (χ1) is 16.0. The van der Waals surface area contributed by atoms with Crippen molar-refractivity contribution in [2.75, 3.05) is 18.0 Å². The van der Waals surface area contributed by atoms with Crippen molar-refractivity contribution >= 4 is 23.4 Å². The van der Waals surface area contributed by atoms with Gasteiger partial charge in [0, 0.05) is 55.5 Å². The minimum absolute atomic E-state index is 0.0337. The fraction of sp³-hybridized carbons (Fsp3) is 0.500. The van der Waals surface area contributed by atoms with E-state index in [2.05, 4.69) is 9.97 Å². The molecule has 0 unspecified atom stereocenters. The summed E-state index contributed by atoms with van der Waals surface area (Å²) in [6.45, 7) is 2.75. The van der Waals surface area contributed by atoms with E-state index < -0.39 is 29.2 Å². The fourth-order valence-electron chi connectivity index (χ4n) is 5.14. The summed E-state index contributed by atoms with van der Waals surface area (Å²) < 4.78 is 70.0. The summed E-state index contributed by atoms with van der Waals surface area (Å²) >= 11 is 0.926. The zero-order valence-corrected chi connectivity index (χ0v) is 19.1. The van der Waals surface area contributed by atoms with Gasteiger partial charge < -0.3 is 10.6 Å². The minimum atomic E-state index is -4.59. The molecule has 2 aliphatic rings. The molecule has 1 aliphatic heterocycles. The Bertz CT molecular complexity index is 1220. The molecule has 182 valence electrons. The van der Waals surface area contributed by atoms with E-state index in [0.717, 1.165) is 18.0 Å². The Morgan fingerprint density at radius 3 is 2.53 bits per heavy atom. The van der Waals surface area contributed by atoms with Crippen LogP contribution in [0.25, 0.3) is 5.65 Å². The number of anilines is 1. The van der Waals surface area contributed by atoms with Crippen molar-refractivity contribution < 1.29 is 22.0 Å². The van der Waals surface area contributed by atoms with Gasteiger partial charge in [0.15, 0.2) is 11.3 Å². The lowest BCUT2D eigenvalue weighted by Gasteiger charge is -2.42. The molecule has 34 heavy (non-hydrogen) atoms. The molecule has 4 heterocycles. The molecule has 6 nitrogen and oxygen atoms in total. The number of imidazole rings is 1. The molecule has 12 heteroatoms. The third-order valence-electron chi connectivity index (χ3n) is 6.86. The quantitative estimate of drug-likeness (QED) is 0.516. The molecule has 1 aliphatic carbocycles. The summed E-state index contributed by atoms with van der Waals surface area (Å²) in [6, 6.07) is 2.30. The van der Waals surface area contributed by atoms with E-state index in [1.165, 1.54) is 12.1 Å². The zero-order chi connectivity index (χ0) is 24.3. The van der Waals surface area contributed by atoms with Crippen molar-refractivity contribution in [3.63, 3.8) is 0 Å². The first-order valence-electron chi connectivity index (χ1n) is 10.9. The first-order valence-corrected chi connectivity index (χ1v) is 11.7. The van der Waals surface area contributed by atoms with Crippen LogP contribution in [0.2, 0.25) is 0 Å². The normalized spacial score (nSPS) is 22.1. The molecule has 1 spiro atoms. The van der Waals surface area contributed by atoms with E-state index in [9.17, 15) is 22.0 Å². The van der Waals surface area contributed by atoms with Crippen LogP contribution in [-0.2, 0) is 6.18 Å². The smallest absolute Gasteiger partial charge is 0.342 e. The van der Waals surface area contributed by atoms with E-state index in [1.54, 1.807) is 23.7 Å². The number of piperidine rings is 1. The summed E-state index contributed by atoms with van der Waals surface area (Å²) in [6.07, 6.45) is 0.384. The summed E-state index contributed by atoms with van der Waals surface area (Å²) in [4.78, 5) is 15.1. The highest BCUT2D eigenvalue weighted by atomic mass is 32.2. The number of halogens is 5. The molecule has 1 atom stereocenters. The van der Waals surface area contributed by atoms with Gasteiger partial charge >= 0.3 is 6.18 Å². The topological polar surface area (TPSA) is 72.3 Å². The molecular weight excluding hydrogens is 475 g/mol. The Balaban J connectivity index is 1.45. The Labute approximate surface area is 196 Å². The summed E-state index contributed by atoms with van der Waals surface area (Å²) in [5.74, 6) is -2.14. The van der Waals surface area contributed by atoms with Gasteiger partial charge in [-0.15, -0.1) is 0 Å². The third kappa shape index (κ3) is 4.00. The average Bonchev–Trinajstić information content (AvgIpc) is 3.32.